The zero-order valence-electron chi connectivity index (χ0n) is 40.8. The van der Waals surface area contributed by atoms with Crippen LogP contribution in [0, 0.1) is 5.92 Å². The summed E-state index contributed by atoms with van der Waals surface area (Å²) in [6.45, 7) is 2.33. The lowest BCUT2D eigenvalue weighted by atomic mass is 9.91. The van der Waals surface area contributed by atoms with Crippen LogP contribution in [0.2, 0.25) is 0 Å². The first-order valence-corrected chi connectivity index (χ1v) is 26.6. The van der Waals surface area contributed by atoms with Gasteiger partial charge in [0.2, 0.25) is 0 Å². The average molecular weight is 977 g/mol. The number of aliphatic imine (C=N–C) groups is 2. The molecule has 5 nitrogen and oxygen atoms in total. The number of benzene rings is 11. The molecule has 0 fully saturated rings. The second-order valence-electron chi connectivity index (χ2n) is 20.1. The highest BCUT2D eigenvalue weighted by molar-refractivity contribution is 7.26. The predicted molar refractivity (Wildman–Crippen MR) is 318 cm³/mol. The fourth-order valence-corrected chi connectivity index (χ4v) is 13.4. The molecule has 11 aromatic carbocycles. The number of hydrogen-bond acceptors (Lipinski definition) is 4. The number of nitrogens with zero attached hydrogens (tertiary/aromatic N) is 4. The van der Waals surface area contributed by atoms with E-state index >= 15 is 0 Å². The molecule has 0 saturated carbocycles. The van der Waals surface area contributed by atoms with Crippen molar-refractivity contribution in [3.05, 3.63) is 247 Å². The third-order valence-electron chi connectivity index (χ3n) is 15.7. The molecule has 15 aromatic rings. The fourth-order valence-electron chi connectivity index (χ4n) is 12.2. The number of para-hydroxylation sites is 4. The van der Waals surface area contributed by atoms with Gasteiger partial charge in [-0.05, 0) is 101 Å². The van der Waals surface area contributed by atoms with Gasteiger partial charge >= 0.3 is 0 Å². The number of hydrogen-bond donors (Lipinski definition) is 0. The molecule has 5 heterocycles. The van der Waals surface area contributed by atoms with Crippen LogP contribution in [-0.2, 0) is 0 Å². The molecule has 352 valence electrons. The van der Waals surface area contributed by atoms with E-state index in [0.29, 0.717) is 12.3 Å². The molecule has 0 N–H and O–H groups in total. The van der Waals surface area contributed by atoms with Crippen molar-refractivity contribution in [3.63, 3.8) is 0 Å². The van der Waals surface area contributed by atoms with E-state index in [2.05, 4.69) is 247 Å². The van der Waals surface area contributed by atoms with Gasteiger partial charge < -0.3 is 13.6 Å². The van der Waals surface area contributed by atoms with Crippen molar-refractivity contribution >= 4 is 136 Å². The third-order valence-corrected chi connectivity index (χ3v) is 16.9. The summed E-state index contributed by atoms with van der Waals surface area (Å²) in [6, 6.07) is 81.5. The Hall–Kier alpha value is -9.36. The zero-order chi connectivity index (χ0) is 49.3. The Labute approximate surface area is 434 Å². The number of allylic oxidation sites excluding steroid dienone is 1. The normalized spacial score (nSPS) is 16.6. The lowest BCUT2D eigenvalue weighted by Crippen LogP contribution is -2.19. The van der Waals surface area contributed by atoms with Crippen molar-refractivity contribution in [1.82, 2.24) is 9.13 Å². The molecule has 0 spiro atoms. The molecule has 1 aliphatic heterocycles. The molecule has 0 saturated heterocycles. The van der Waals surface area contributed by atoms with Gasteiger partial charge in [0.25, 0.3) is 0 Å². The highest BCUT2D eigenvalue weighted by Gasteiger charge is 2.28. The molecular weight excluding hydrogens is 933 g/mol. The van der Waals surface area contributed by atoms with E-state index in [0.717, 1.165) is 88.9 Å². The minimum absolute atomic E-state index is 0.0541. The van der Waals surface area contributed by atoms with Crippen LogP contribution in [-0.4, -0.2) is 20.7 Å². The van der Waals surface area contributed by atoms with Crippen LogP contribution in [0.4, 0.5) is 0 Å². The number of furan rings is 1. The van der Waals surface area contributed by atoms with Gasteiger partial charge in [0, 0.05) is 80.8 Å². The smallest absolute Gasteiger partial charge is 0.162 e. The van der Waals surface area contributed by atoms with Gasteiger partial charge in [0.15, 0.2) is 5.84 Å². The number of aromatic nitrogens is 2. The van der Waals surface area contributed by atoms with E-state index in [-0.39, 0.29) is 5.92 Å². The quantitative estimate of drug-likeness (QED) is 0.169. The monoisotopic (exact) mass is 976 g/mol. The molecule has 1 unspecified atom stereocenters. The van der Waals surface area contributed by atoms with Crippen LogP contribution in [0.25, 0.3) is 124 Å². The lowest BCUT2D eigenvalue weighted by molar-refractivity contribution is 0.668. The van der Waals surface area contributed by atoms with Gasteiger partial charge in [-0.3, -0.25) is 0 Å². The standard InChI is InChI=1S/C69H44N4OS/c1-41-33-34-58(52-28-16-27-51-49-25-11-14-32-65(49)75-68(51)52)70-69(53-29-15-26-50-47-23-9-12-30-59(47)72(67(50)53)46-21-3-2-4-22-46)71-66(41)57-40-64-56(48-24-10-13-31-63(48)74-64)39-62(57)73-60-37-44-19-7-5-17-42(44)35-54(60)55-36-43-18-6-8-20-45(43)38-61(55)73/h2-32,34-41H,33H2,1H3/b58-34+,70-69-,71-66+. The SMILES string of the molecule is CC1C/C=C(c2cccc3c2sc2ccccc23)/N=C(c2cccc3c4ccccc4n(-c4ccccc4)c23)\N=C/1c1cc2oc3ccccc3c2cc1-n1c2cc3ccccc3cc2c2cc3ccccc3cc21. The van der Waals surface area contributed by atoms with E-state index in [1.807, 2.05) is 11.3 Å². The van der Waals surface area contributed by atoms with E-state index < -0.39 is 0 Å². The molecule has 4 aromatic heterocycles. The van der Waals surface area contributed by atoms with Crippen molar-refractivity contribution in [2.75, 3.05) is 0 Å². The summed E-state index contributed by atoms with van der Waals surface area (Å²) in [6.07, 6.45) is 3.07. The molecular formula is C69H44N4OS. The van der Waals surface area contributed by atoms with Crippen LogP contribution < -0.4 is 0 Å². The van der Waals surface area contributed by atoms with Gasteiger partial charge in [-0.1, -0.05) is 165 Å². The summed E-state index contributed by atoms with van der Waals surface area (Å²) in [7, 11) is 0. The summed E-state index contributed by atoms with van der Waals surface area (Å²) >= 11 is 1.84. The van der Waals surface area contributed by atoms with Crippen LogP contribution in [0.3, 0.4) is 0 Å². The molecule has 6 heteroatoms. The van der Waals surface area contributed by atoms with Crippen molar-refractivity contribution in [2.24, 2.45) is 15.9 Å². The lowest BCUT2D eigenvalue weighted by Gasteiger charge is -2.22. The van der Waals surface area contributed by atoms with E-state index in [1.165, 1.54) is 57.9 Å². The second-order valence-corrected chi connectivity index (χ2v) is 21.1. The van der Waals surface area contributed by atoms with Crippen LogP contribution in [0.1, 0.15) is 30.0 Å². The Bertz CT molecular complexity index is 4910. The minimum Gasteiger partial charge on any atom is -0.456 e. The number of rotatable bonds is 5. The maximum absolute atomic E-state index is 6.84. The molecule has 0 aliphatic carbocycles. The first kappa shape index (κ1) is 42.2. The van der Waals surface area contributed by atoms with Crippen LogP contribution in [0.15, 0.2) is 245 Å². The van der Waals surface area contributed by atoms with E-state index in [4.69, 9.17) is 14.4 Å². The van der Waals surface area contributed by atoms with Gasteiger partial charge in [0.05, 0.1) is 39.2 Å². The number of thiophene rings is 1. The zero-order valence-corrected chi connectivity index (χ0v) is 41.6. The summed E-state index contributed by atoms with van der Waals surface area (Å²) in [5.41, 5.74) is 13.2. The van der Waals surface area contributed by atoms with Gasteiger partial charge in [-0.15, -0.1) is 11.3 Å². The summed E-state index contributed by atoms with van der Waals surface area (Å²) in [4.78, 5) is 11.9. The highest BCUT2D eigenvalue weighted by atomic mass is 32.1. The minimum atomic E-state index is -0.0541. The Morgan fingerprint density at radius 1 is 0.440 bits per heavy atom. The topological polar surface area (TPSA) is 47.7 Å². The molecule has 1 atom stereocenters. The molecule has 0 amide bonds. The largest absolute Gasteiger partial charge is 0.456 e. The predicted octanol–water partition coefficient (Wildman–Crippen LogP) is 18.8. The van der Waals surface area contributed by atoms with Crippen molar-refractivity contribution in [1.29, 1.82) is 0 Å². The number of fused-ring (bicyclic) bond motifs is 14. The van der Waals surface area contributed by atoms with Crippen molar-refractivity contribution in [3.8, 4) is 11.4 Å². The maximum Gasteiger partial charge on any atom is 0.162 e. The average Bonchev–Trinajstić information content (AvgIpc) is 4.21. The molecule has 75 heavy (non-hydrogen) atoms. The van der Waals surface area contributed by atoms with E-state index in [1.54, 1.807) is 0 Å². The van der Waals surface area contributed by atoms with Gasteiger partial charge in [-0.25, -0.2) is 9.98 Å². The van der Waals surface area contributed by atoms with Crippen LogP contribution >= 0.6 is 11.3 Å². The summed E-state index contributed by atoms with van der Waals surface area (Å²) in [5.74, 6) is 0.600. The summed E-state index contributed by atoms with van der Waals surface area (Å²) < 4.78 is 14.2. The molecule has 1 aliphatic rings. The highest BCUT2D eigenvalue weighted by Crippen LogP contribution is 2.44. The first-order chi connectivity index (χ1) is 37.1. The summed E-state index contributed by atoms with van der Waals surface area (Å²) in [5, 5.41) is 14.2. The van der Waals surface area contributed by atoms with Crippen molar-refractivity contribution in [2.45, 2.75) is 13.3 Å². The van der Waals surface area contributed by atoms with Gasteiger partial charge in [-0.2, -0.15) is 0 Å². The fraction of sp³-hybridized carbons (Fsp3) is 0.0435. The van der Waals surface area contributed by atoms with E-state index in [9.17, 15) is 0 Å². The maximum atomic E-state index is 6.84. The Morgan fingerprint density at radius 2 is 1.05 bits per heavy atom. The Kier molecular flexibility index (Phi) is 9.18. The number of amidine groups is 1. The Morgan fingerprint density at radius 3 is 1.81 bits per heavy atom. The van der Waals surface area contributed by atoms with Crippen molar-refractivity contribution < 1.29 is 4.42 Å². The Balaban J connectivity index is 1.03. The second kappa shape index (κ2) is 16.3. The molecule has 0 radical (unpaired) electrons. The third kappa shape index (κ3) is 6.43. The van der Waals surface area contributed by atoms with Gasteiger partial charge in [0.1, 0.15) is 11.2 Å². The van der Waals surface area contributed by atoms with Crippen LogP contribution in [0.5, 0.6) is 0 Å². The molecule has 16 rings (SSSR count). The molecule has 0 bridgehead atoms. The first-order valence-electron chi connectivity index (χ1n) is 25.8.